The highest BCUT2D eigenvalue weighted by molar-refractivity contribution is 5.48. The first kappa shape index (κ1) is 4.69. The van der Waals surface area contributed by atoms with E-state index in [2.05, 4.69) is 0 Å². The third-order valence-corrected chi connectivity index (χ3v) is 1.15. The van der Waals surface area contributed by atoms with E-state index in [0.29, 0.717) is 0 Å². The van der Waals surface area contributed by atoms with Gasteiger partial charge in [0.25, 0.3) is 0 Å². The molecule has 0 unspecified atom stereocenters. The second kappa shape index (κ2) is 3.85. The molecule has 1 nitrogen and oxygen atoms in total. The highest BCUT2D eigenvalue weighted by Crippen LogP contribution is 1.99. The van der Waals surface area contributed by atoms with Gasteiger partial charge in [0.15, 0.2) is 0 Å². The number of aliphatic hydroxyl groups is 1. The lowest BCUT2D eigenvalue weighted by Crippen LogP contribution is -1.72. The predicted molar refractivity (Wildman–Crippen MR) is 42.6 cm³/mol. The normalized spacial score (nSPS) is 14.9. The molecule has 0 saturated heterocycles. The Labute approximate surface area is 63.4 Å². The van der Waals surface area contributed by atoms with Gasteiger partial charge in [-0.1, -0.05) is 42.5 Å². The van der Waals surface area contributed by atoms with E-state index in [4.69, 9.17) is 7.85 Å². The maximum absolute atomic E-state index is 8.73. The van der Waals surface area contributed by atoms with Crippen molar-refractivity contribution in [2.45, 2.75) is 0 Å². The van der Waals surface area contributed by atoms with Crippen LogP contribution in [0.1, 0.15) is 8.30 Å². The first-order valence-electron chi connectivity index (χ1n) is 4.04. The fourth-order valence-corrected chi connectivity index (χ4v) is 0.698. The lowest BCUT2D eigenvalue weighted by molar-refractivity contribution is 0.343. The minimum absolute atomic E-state index is 0.871. The van der Waals surface area contributed by atoms with E-state index >= 15 is 0 Å². The van der Waals surface area contributed by atoms with Crippen molar-refractivity contribution in [2.24, 2.45) is 0 Å². The molecule has 1 aromatic carbocycles. The van der Waals surface area contributed by atoms with Crippen LogP contribution in [-0.2, 0) is 0 Å². The van der Waals surface area contributed by atoms with Crippen LogP contribution in [0.3, 0.4) is 0 Å². The van der Waals surface area contributed by atoms with Crippen LogP contribution in [0.2, 0.25) is 0 Å². The standard InChI is InChI=1S/C9H10O/c10-8-4-7-9-5-2-1-3-6-9/h1-7,10H,8H2/b7-4+/i8D2. The second-order valence-corrected chi connectivity index (χ2v) is 1.87. The van der Waals surface area contributed by atoms with Gasteiger partial charge in [-0.2, -0.15) is 0 Å². The largest absolute Gasteiger partial charge is 0.392 e. The molecule has 10 heavy (non-hydrogen) atoms. The molecule has 0 aliphatic carbocycles. The van der Waals surface area contributed by atoms with Crippen molar-refractivity contribution in [1.29, 1.82) is 0 Å². The summed E-state index contributed by atoms with van der Waals surface area (Å²) in [4.78, 5) is 0. The molecule has 0 spiro atoms. The van der Waals surface area contributed by atoms with E-state index in [1.54, 1.807) is 6.08 Å². The Morgan fingerprint density at radius 2 is 2.10 bits per heavy atom. The summed E-state index contributed by atoms with van der Waals surface area (Å²) in [6, 6.07) is 9.26. The average Bonchev–Trinajstić information content (AvgIpc) is 2.02. The summed E-state index contributed by atoms with van der Waals surface area (Å²) in [6.07, 6.45) is 2.66. The molecule has 0 atom stereocenters. The first-order valence-corrected chi connectivity index (χ1v) is 3.04. The van der Waals surface area contributed by atoms with Gasteiger partial charge < -0.3 is 5.11 Å². The smallest absolute Gasteiger partial charge is 0.0615 e. The zero-order valence-corrected chi connectivity index (χ0v) is 5.49. The van der Waals surface area contributed by atoms with Crippen molar-refractivity contribution in [3.8, 4) is 0 Å². The fraction of sp³-hybridized carbons (Fsp3) is 0.111. The topological polar surface area (TPSA) is 20.2 Å². The average molecular weight is 136 g/mol. The molecule has 1 N–H and O–H groups in total. The third kappa shape index (κ3) is 2.03. The first-order chi connectivity index (χ1) is 5.58. The molecule has 0 heterocycles. The summed E-state index contributed by atoms with van der Waals surface area (Å²) in [5, 5.41) is 8.73. The molecular weight excluding hydrogens is 124 g/mol. The molecule has 0 aliphatic rings. The van der Waals surface area contributed by atoms with E-state index in [1.165, 1.54) is 0 Å². The van der Waals surface area contributed by atoms with E-state index < -0.39 is 6.56 Å². The van der Waals surface area contributed by atoms with Crippen molar-refractivity contribution < 1.29 is 7.85 Å². The van der Waals surface area contributed by atoms with Crippen molar-refractivity contribution in [2.75, 3.05) is 6.56 Å². The molecule has 0 fully saturated rings. The molecule has 0 saturated carbocycles. The molecule has 52 valence electrons. The van der Waals surface area contributed by atoms with Crippen LogP contribution in [0, 0.1) is 0 Å². The van der Waals surface area contributed by atoms with Gasteiger partial charge in [0, 0.05) is 0 Å². The SMILES string of the molecule is [2H]C([2H])(O)/C=C/c1ccccc1. The minimum Gasteiger partial charge on any atom is -0.392 e. The lowest BCUT2D eigenvalue weighted by atomic mass is 10.2. The van der Waals surface area contributed by atoms with Gasteiger partial charge in [-0.05, 0) is 5.56 Å². The summed E-state index contributed by atoms with van der Waals surface area (Å²) < 4.78 is 13.6. The Morgan fingerprint density at radius 3 is 2.70 bits per heavy atom. The van der Waals surface area contributed by atoms with Gasteiger partial charge in [0.1, 0.15) is 0 Å². The van der Waals surface area contributed by atoms with Crippen LogP contribution in [0.5, 0.6) is 0 Å². The van der Waals surface area contributed by atoms with Crippen molar-refractivity contribution >= 4 is 6.08 Å². The number of hydrogen-bond donors (Lipinski definition) is 1. The van der Waals surface area contributed by atoms with Gasteiger partial charge in [-0.15, -0.1) is 0 Å². The molecule has 1 rings (SSSR count). The maximum Gasteiger partial charge on any atom is 0.0615 e. The van der Waals surface area contributed by atoms with E-state index in [9.17, 15) is 0 Å². The highest BCUT2D eigenvalue weighted by Gasteiger charge is 1.79. The van der Waals surface area contributed by atoms with E-state index in [-0.39, 0.29) is 0 Å². The Balaban J connectivity index is 2.71. The Morgan fingerprint density at radius 1 is 1.40 bits per heavy atom. The Bertz CT molecular complexity index is 262. The molecule has 0 bridgehead atoms. The van der Waals surface area contributed by atoms with Crippen LogP contribution in [0.4, 0.5) is 0 Å². The van der Waals surface area contributed by atoms with Gasteiger partial charge in [0.05, 0.1) is 9.30 Å². The van der Waals surface area contributed by atoms with Crippen LogP contribution < -0.4 is 0 Å². The summed E-state index contributed by atoms with van der Waals surface area (Å²) in [6.45, 7) is -2.23. The van der Waals surface area contributed by atoms with Crippen molar-refractivity contribution in [3.63, 3.8) is 0 Å². The van der Waals surface area contributed by atoms with Gasteiger partial charge in [0.2, 0.25) is 0 Å². The van der Waals surface area contributed by atoms with Crippen LogP contribution in [0.25, 0.3) is 6.08 Å². The minimum atomic E-state index is -2.23. The highest BCUT2D eigenvalue weighted by atomic mass is 16.2. The monoisotopic (exact) mass is 136 g/mol. The van der Waals surface area contributed by atoms with Gasteiger partial charge in [-0.25, -0.2) is 0 Å². The molecule has 0 aromatic heterocycles. The number of benzene rings is 1. The summed E-state index contributed by atoms with van der Waals surface area (Å²) in [7, 11) is 0. The molecule has 1 aromatic rings. The van der Waals surface area contributed by atoms with Crippen molar-refractivity contribution in [1.82, 2.24) is 0 Å². The molecule has 1 heteroatoms. The van der Waals surface area contributed by atoms with Crippen molar-refractivity contribution in [3.05, 3.63) is 42.0 Å². The molecular formula is C9H10O. The quantitative estimate of drug-likeness (QED) is 0.656. The summed E-state index contributed by atoms with van der Waals surface area (Å²) in [5.41, 5.74) is 0.871. The Kier molecular flexibility index (Phi) is 1.81. The summed E-state index contributed by atoms with van der Waals surface area (Å²) in [5.74, 6) is 0. The van der Waals surface area contributed by atoms with Crippen LogP contribution >= 0.6 is 0 Å². The number of rotatable bonds is 2. The van der Waals surface area contributed by atoms with Gasteiger partial charge in [-0.3, -0.25) is 0 Å². The molecule has 0 aliphatic heterocycles. The zero-order valence-electron chi connectivity index (χ0n) is 7.49. The molecule has 0 amide bonds. The maximum atomic E-state index is 8.73. The fourth-order valence-electron chi connectivity index (χ4n) is 0.698. The molecule has 0 radical (unpaired) electrons. The van der Waals surface area contributed by atoms with E-state index in [1.807, 2.05) is 30.3 Å². The van der Waals surface area contributed by atoms with Gasteiger partial charge >= 0.3 is 0 Å². The van der Waals surface area contributed by atoms with Crippen LogP contribution in [0.15, 0.2) is 36.4 Å². The summed E-state index contributed by atoms with van der Waals surface area (Å²) >= 11 is 0. The predicted octanol–water partition coefficient (Wildman–Crippen LogP) is 1.69. The zero-order chi connectivity index (χ0) is 9.03. The van der Waals surface area contributed by atoms with E-state index in [0.717, 1.165) is 11.6 Å². The Hall–Kier alpha value is -1.08. The lowest BCUT2D eigenvalue weighted by Gasteiger charge is -1.88. The third-order valence-electron chi connectivity index (χ3n) is 1.15. The van der Waals surface area contributed by atoms with Crippen LogP contribution in [-0.4, -0.2) is 11.7 Å². The number of hydrogen-bond acceptors (Lipinski definition) is 1. The second-order valence-electron chi connectivity index (χ2n) is 1.87.